The fraction of sp³-hybridized carbons (Fsp3) is 0.190. The molecule has 9 heteroatoms. The third-order valence-corrected chi connectivity index (χ3v) is 6.05. The first kappa shape index (κ1) is 22.0. The second kappa shape index (κ2) is 9.88. The number of halogens is 1. The Kier molecular flexibility index (Phi) is 7.25. The maximum absolute atomic E-state index is 12.7. The van der Waals surface area contributed by atoms with Crippen LogP contribution in [0.4, 0.5) is 5.69 Å². The Bertz CT molecular complexity index is 1110. The van der Waals surface area contributed by atoms with Crippen molar-refractivity contribution in [1.29, 1.82) is 0 Å². The van der Waals surface area contributed by atoms with Crippen LogP contribution in [0.25, 0.3) is 10.1 Å². The van der Waals surface area contributed by atoms with Crippen molar-refractivity contribution in [3.8, 4) is 5.75 Å². The van der Waals surface area contributed by atoms with E-state index in [9.17, 15) is 9.59 Å². The van der Waals surface area contributed by atoms with E-state index in [4.69, 9.17) is 28.6 Å². The van der Waals surface area contributed by atoms with E-state index in [1.165, 1.54) is 11.3 Å². The molecular formula is C21H20ClN3O3S2. The molecule has 6 nitrogen and oxygen atoms in total. The average molecular weight is 462 g/mol. The molecule has 1 aromatic heterocycles. The van der Waals surface area contributed by atoms with Crippen molar-refractivity contribution in [2.75, 3.05) is 19.0 Å². The van der Waals surface area contributed by atoms with Crippen LogP contribution in [0.15, 0.2) is 42.5 Å². The highest BCUT2D eigenvalue weighted by atomic mass is 35.5. The van der Waals surface area contributed by atoms with Gasteiger partial charge in [-0.15, -0.1) is 11.3 Å². The van der Waals surface area contributed by atoms with Gasteiger partial charge in [0.15, 0.2) is 5.11 Å². The Hall–Kier alpha value is -2.68. The number of amides is 2. The van der Waals surface area contributed by atoms with Crippen molar-refractivity contribution < 1.29 is 14.3 Å². The fourth-order valence-corrected chi connectivity index (χ4v) is 4.37. The van der Waals surface area contributed by atoms with Crippen LogP contribution < -0.4 is 20.7 Å². The van der Waals surface area contributed by atoms with E-state index in [1.807, 2.05) is 19.1 Å². The highest BCUT2D eigenvalue weighted by molar-refractivity contribution is 7.80. The smallest absolute Gasteiger partial charge is 0.269 e. The van der Waals surface area contributed by atoms with Crippen molar-refractivity contribution >= 4 is 67.9 Å². The van der Waals surface area contributed by atoms with Gasteiger partial charge in [0.25, 0.3) is 11.8 Å². The zero-order valence-corrected chi connectivity index (χ0v) is 18.8. The molecule has 0 saturated carbocycles. The van der Waals surface area contributed by atoms with Crippen LogP contribution in [0.1, 0.15) is 33.4 Å². The van der Waals surface area contributed by atoms with Gasteiger partial charge in [-0.1, -0.05) is 24.6 Å². The first-order valence-corrected chi connectivity index (χ1v) is 10.8. The highest BCUT2D eigenvalue weighted by Gasteiger charge is 2.18. The molecule has 3 N–H and O–H groups in total. The van der Waals surface area contributed by atoms with E-state index < -0.39 is 5.91 Å². The molecule has 30 heavy (non-hydrogen) atoms. The molecule has 0 aliphatic heterocycles. The third kappa shape index (κ3) is 5.08. The zero-order chi connectivity index (χ0) is 21.7. The molecule has 1 heterocycles. The summed E-state index contributed by atoms with van der Waals surface area (Å²) in [6.07, 6.45) is 0.854. The van der Waals surface area contributed by atoms with Crippen LogP contribution in [-0.2, 0) is 0 Å². The molecule has 0 unspecified atom stereocenters. The molecular weight excluding hydrogens is 442 g/mol. The minimum absolute atomic E-state index is 0.109. The highest BCUT2D eigenvalue weighted by Crippen LogP contribution is 2.37. The molecule has 2 aromatic carbocycles. The number of anilines is 1. The number of carbonyl (C=O) groups excluding carboxylic acids is 2. The summed E-state index contributed by atoms with van der Waals surface area (Å²) in [7, 11) is 1.58. The molecule has 0 atom stereocenters. The van der Waals surface area contributed by atoms with Gasteiger partial charge in [0.05, 0.1) is 12.1 Å². The Morgan fingerprint density at radius 2 is 1.97 bits per heavy atom. The van der Waals surface area contributed by atoms with Crippen LogP contribution in [0, 0.1) is 0 Å². The number of carbonyl (C=O) groups is 2. The lowest BCUT2D eigenvalue weighted by molar-refractivity contribution is 0.0951. The fourth-order valence-electron chi connectivity index (χ4n) is 2.72. The molecule has 0 spiro atoms. The summed E-state index contributed by atoms with van der Waals surface area (Å²) in [5, 5.41) is 9.63. The molecule has 0 aliphatic rings. The summed E-state index contributed by atoms with van der Waals surface area (Å²) in [4.78, 5) is 25.1. The van der Waals surface area contributed by atoms with E-state index in [-0.39, 0.29) is 11.0 Å². The third-order valence-electron chi connectivity index (χ3n) is 4.19. The van der Waals surface area contributed by atoms with Crippen LogP contribution >= 0.6 is 35.2 Å². The van der Waals surface area contributed by atoms with Crippen molar-refractivity contribution in [2.24, 2.45) is 0 Å². The van der Waals surface area contributed by atoms with Crippen LogP contribution in [0.3, 0.4) is 0 Å². The first-order valence-electron chi connectivity index (χ1n) is 9.19. The topological polar surface area (TPSA) is 79.5 Å². The molecule has 3 rings (SSSR count). The largest absolute Gasteiger partial charge is 0.497 e. The Morgan fingerprint density at radius 1 is 1.17 bits per heavy atom. The molecule has 2 amide bonds. The standard InChI is InChI=1S/C21H20ClN3O3S2/c1-3-9-23-19(26)12-5-4-6-13(10-12)24-21(29)25-20(27)18-17(22)15-8-7-14(28-2)11-16(15)30-18/h4-8,10-11H,3,9H2,1-2H3,(H,23,26)(H2,24,25,27,29). The molecule has 0 saturated heterocycles. The number of thiocarbonyl (C=S) groups is 1. The summed E-state index contributed by atoms with van der Waals surface area (Å²) in [6, 6.07) is 12.3. The Morgan fingerprint density at radius 3 is 2.70 bits per heavy atom. The maximum atomic E-state index is 12.7. The van der Waals surface area contributed by atoms with Gasteiger partial charge >= 0.3 is 0 Å². The quantitative estimate of drug-likeness (QED) is 0.458. The van der Waals surface area contributed by atoms with E-state index >= 15 is 0 Å². The monoisotopic (exact) mass is 461 g/mol. The number of hydrogen-bond donors (Lipinski definition) is 3. The number of ether oxygens (including phenoxy) is 1. The lowest BCUT2D eigenvalue weighted by atomic mass is 10.2. The Labute approximate surface area is 188 Å². The number of methoxy groups -OCH3 is 1. The predicted octanol–water partition coefficient (Wildman–Crippen LogP) is 4.83. The zero-order valence-electron chi connectivity index (χ0n) is 16.4. The second-order valence-electron chi connectivity index (χ2n) is 6.35. The van der Waals surface area contributed by atoms with Gasteiger partial charge in [-0.25, -0.2) is 0 Å². The van der Waals surface area contributed by atoms with Gasteiger partial charge in [0.2, 0.25) is 0 Å². The maximum Gasteiger partial charge on any atom is 0.269 e. The van der Waals surface area contributed by atoms with E-state index in [0.29, 0.717) is 33.4 Å². The normalized spacial score (nSPS) is 10.5. The van der Waals surface area contributed by atoms with Gasteiger partial charge in [0, 0.05) is 27.9 Å². The van der Waals surface area contributed by atoms with Gasteiger partial charge < -0.3 is 15.4 Å². The number of benzene rings is 2. The molecule has 0 fully saturated rings. The first-order chi connectivity index (χ1) is 14.4. The van der Waals surface area contributed by atoms with E-state index in [0.717, 1.165) is 16.5 Å². The number of rotatable bonds is 6. The van der Waals surface area contributed by atoms with Gasteiger partial charge in [0.1, 0.15) is 10.6 Å². The lowest BCUT2D eigenvalue weighted by Gasteiger charge is -2.10. The minimum Gasteiger partial charge on any atom is -0.497 e. The lowest BCUT2D eigenvalue weighted by Crippen LogP contribution is -2.33. The van der Waals surface area contributed by atoms with E-state index in [2.05, 4.69) is 16.0 Å². The van der Waals surface area contributed by atoms with Crippen molar-refractivity contribution in [2.45, 2.75) is 13.3 Å². The summed E-state index contributed by atoms with van der Waals surface area (Å²) in [5.41, 5.74) is 1.10. The van der Waals surface area contributed by atoms with Crippen molar-refractivity contribution in [3.63, 3.8) is 0 Å². The van der Waals surface area contributed by atoms with Crippen molar-refractivity contribution in [1.82, 2.24) is 10.6 Å². The number of thiophene rings is 1. The van der Waals surface area contributed by atoms with Crippen LogP contribution in [0.5, 0.6) is 5.75 Å². The second-order valence-corrected chi connectivity index (χ2v) is 8.19. The minimum atomic E-state index is -0.408. The van der Waals surface area contributed by atoms with Crippen molar-refractivity contribution in [3.05, 3.63) is 57.9 Å². The SMILES string of the molecule is CCCNC(=O)c1cccc(NC(=S)NC(=O)c2sc3cc(OC)ccc3c2Cl)c1. The van der Waals surface area contributed by atoms with E-state index in [1.54, 1.807) is 37.4 Å². The van der Waals surface area contributed by atoms with Gasteiger partial charge in [-0.2, -0.15) is 0 Å². The Balaban J connectivity index is 1.69. The van der Waals surface area contributed by atoms with Crippen LogP contribution in [0.2, 0.25) is 5.02 Å². The molecule has 0 bridgehead atoms. The number of hydrogen-bond acceptors (Lipinski definition) is 5. The molecule has 156 valence electrons. The number of fused-ring (bicyclic) bond motifs is 1. The van der Waals surface area contributed by atoms with Crippen LogP contribution in [-0.4, -0.2) is 30.6 Å². The summed E-state index contributed by atoms with van der Waals surface area (Å²) in [5.74, 6) is 0.116. The summed E-state index contributed by atoms with van der Waals surface area (Å²) in [6.45, 7) is 2.59. The molecule has 3 aromatic rings. The molecule has 0 aliphatic carbocycles. The average Bonchev–Trinajstić information content (AvgIpc) is 3.08. The summed E-state index contributed by atoms with van der Waals surface area (Å²) >= 11 is 12.9. The summed E-state index contributed by atoms with van der Waals surface area (Å²) < 4.78 is 6.06. The van der Waals surface area contributed by atoms with Gasteiger partial charge in [-0.3, -0.25) is 14.9 Å². The molecule has 0 radical (unpaired) electrons. The number of nitrogens with one attached hydrogen (secondary N) is 3. The van der Waals surface area contributed by atoms with Gasteiger partial charge in [-0.05, 0) is 55.0 Å². The predicted molar refractivity (Wildman–Crippen MR) is 126 cm³/mol.